The first-order chi connectivity index (χ1) is 4.09. The SMILES string of the molecule is [C-]#[N+]N(Cl)C(=O)N(Cl)Cl. The van der Waals surface area contributed by atoms with Gasteiger partial charge in [0, 0.05) is 23.6 Å². The van der Waals surface area contributed by atoms with Crippen LogP contribution in [0.2, 0.25) is 0 Å². The van der Waals surface area contributed by atoms with E-state index in [9.17, 15) is 4.79 Å². The molecule has 0 saturated carbocycles. The number of nitrogens with zero attached hydrogens (tertiary/aromatic N) is 3. The van der Waals surface area contributed by atoms with Crippen molar-refractivity contribution in [3.63, 3.8) is 0 Å². The van der Waals surface area contributed by atoms with Crippen LogP contribution in [0.5, 0.6) is 0 Å². The summed E-state index contributed by atoms with van der Waals surface area (Å²) in [4.78, 5) is 12.8. The first-order valence-corrected chi connectivity index (χ1v) is 2.60. The molecule has 0 fully saturated rings. The highest BCUT2D eigenvalue weighted by atomic mass is 35.5. The molecule has 0 aromatic rings. The minimum absolute atomic E-state index is 0.153. The smallest absolute Gasteiger partial charge is 0.237 e. The fraction of sp³-hybridized carbons (Fsp3) is 0. The van der Waals surface area contributed by atoms with Crippen LogP contribution in [0.4, 0.5) is 4.79 Å². The maximum atomic E-state index is 10.3. The van der Waals surface area contributed by atoms with Crippen molar-refractivity contribution < 1.29 is 4.79 Å². The lowest BCUT2D eigenvalue weighted by molar-refractivity contribution is 0.227. The van der Waals surface area contributed by atoms with E-state index in [4.69, 9.17) is 41.9 Å². The van der Waals surface area contributed by atoms with Crippen LogP contribution < -0.4 is 0 Å². The van der Waals surface area contributed by atoms with Crippen molar-refractivity contribution in [2.45, 2.75) is 0 Å². The Bertz CT molecular complexity index is 152. The highest BCUT2D eigenvalue weighted by Crippen LogP contribution is 2.07. The van der Waals surface area contributed by atoms with Crippen molar-refractivity contribution in [2.24, 2.45) is 0 Å². The maximum Gasteiger partial charge on any atom is 0.435 e. The van der Waals surface area contributed by atoms with Gasteiger partial charge in [0.2, 0.25) is 0 Å². The largest absolute Gasteiger partial charge is 0.435 e. The third-order valence-corrected chi connectivity index (χ3v) is 0.900. The standard InChI is InChI=1S/C2Cl3N3O/c1-6-8(5)2(9)7(3)4. The van der Waals surface area contributed by atoms with Gasteiger partial charge in [-0.05, 0) is 0 Å². The summed E-state index contributed by atoms with van der Waals surface area (Å²) in [6.07, 6.45) is 0. The molecule has 50 valence electrons. The second-order valence-electron chi connectivity index (χ2n) is 0.876. The van der Waals surface area contributed by atoms with E-state index in [1.165, 1.54) is 0 Å². The molecule has 0 aromatic heterocycles. The highest BCUT2D eigenvalue weighted by Gasteiger charge is 2.20. The molecule has 0 aromatic carbocycles. The molecule has 0 aliphatic carbocycles. The van der Waals surface area contributed by atoms with Crippen LogP contribution in [0.1, 0.15) is 0 Å². The molecule has 0 bridgehead atoms. The molecule has 4 nitrogen and oxygen atoms in total. The summed E-state index contributed by atoms with van der Waals surface area (Å²) in [7, 11) is 0. The number of amides is 2. The summed E-state index contributed by atoms with van der Waals surface area (Å²) in [5.41, 5.74) is 0. The van der Waals surface area contributed by atoms with E-state index in [-0.39, 0.29) is 8.47 Å². The second kappa shape index (κ2) is 3.62. The minimum atomic E-state index is -1.00. The predicted octanol–water partition coefficient (Wildman–Crippen LogP) is 2.01. The zero-order valence-corrected chi connectivity index (χ0v) is 6.15. The molecule has 0 N–H and O–H groups in total. The van der Waals surface area contributed by atoms with Gasteiger partial charge in [0.1, 0.15) is 11.8 Å². The fourth-order valence-electron chi connectivity index (χ4n) is 0.105. The monoisotopic (exact) mass is 187 g/mol. The lowest BCUT2D eigenvalue weighted by atomic mass is 11.1. The maximum absolute atomic E-state index is 10.3. The van der Waals surface area contributed by atoms with Crippen LogP contribution in [0.25, 0.3) is 4.95 Å². The highest BCUT2D eigenvalue weighted by molar-refractivity contribution is 6.43. The van der Waals surface area contributed by atoms with E-state index >= 15 is 0 Å². The molecule has 0 heterocycles. The number of urea groups is 1. The number of carbonyl (C=O) groups excluding carboxylic acids is 1. The molecule has 0 unspecified atom stereocenters. The Hall–Kier alpha value is -0.370. The molecule has 0 aliphatic rings. The van der Waals surface area contributed by atoms with E-state index in [1.807, 2.05) is 0 Å². The van der Waals surface area contributed by atoms with Gasteiger partial charge in [-0.3, -0.25) is 0 Å². The lowest BCUT2D eigenvalue weighted by Gasteiger charge is -1.99. The second-order valence-corrected chi connectivity index (χ2v) is 2.04. The Morgan fingerprint density at radius 3 is 2.00 bits per heavy atom. The molecule has 0 saturated heterocycles. The molecule has 9 heavy (non-hydrogen) atoms. The fourth-order valence-corrected chi connectivity index (χ4v) is 0.401. The van der Waals surface area contributed by atoms with Crippen LogP contribution in [-0.2, 0) is 0 Å². The number of halogens is 3. The van der Waals surface area contributed by atoms with Gasteiger partial charge in [0.15, 0.2) is 0 Å². The zero-order chi connectivity index (χ0) is 7.44. The molecule has 7 heteroatoms. The molecular weight excluding hydrogens is 188 g/mol. The average Bonchev–Trinajstić information content (AvgIpc) is 1.84. The van der Waals surface area contributed by atoms with Crippen molar-refractivity contribution in [3.8, 4) is 0 Å². The van der Waals surface area contributed by atoms with Crippen LogP contribution >= 0.6 is 35.3 Å². The Balaban J connectivity index is 3.92. The van der Waals surface area contributed by atoms with Crippen molar-refractivity contribution >= 4 is 41.4 Å². The zero-order valence-electron chi connectivity index (χ0n) is 3.88. The van der Waals surface area contributed by atoms with Crippen molar-refractivity contribution in [1.82, 2.24) is 8.47 Å². The Labute approximate surface area is 66.6 Å². The predicted molar refractivity (Wildman–Crippen MR) is 33.2 cm³/mol. The van der Waals surface area contributed by atoms with Gasteiger partial charge in [-0.15, -0.1) is 8.89 Å². The summed E-state index contributed by atoms with van der Waals surface area (Å²) < 4.78 is 0.311. The van der Waals surface area contributed by atoms with Crippen LogP contribution in [-0.4, -0.2) is 14.5 Å². The van der Waals surface area contributed by atoms with Gasteiger partial charge in [0.25, 0.3) is 0 Å². The first kappa shape index (κ1) is 8.63. The summed E-state index contributed by atoms with van der Waals surface area (Å²) >= 11 is 14.7. The van der Waals surface area contributed by atoms with Crippen LogP contribution in [0.3, 0.4) is 0 Å². The van der Waals surface area contributed by atoms with Gasteiger partial charge in [-0.2, -0.15) is 6.57 Å². The third-order valence-electron chi connectivity index (χ3n) is 0.390. The van der Waals surface area contributed by atoms with Gasteiger partial charge < -0.3 is 0 Å². The van der Waals surface area contributed by atoms with E-state index < -0.39 is 6.03 Å². The Morgan fingerprint density at radius 2 is 1.89 bits per heavy atom. The van der Waals surface area contributed by atoms with Gasteiger partial charge >= 0.3 is 6.03 Å². The quantitative estimate of drug-likeness (QED) is 0.325. The topological polar surface area (TPSA) is 27.9 Å². The van der Waals surface area contributed by atoms with E-state index in [0.29, 0.717) is 0 Å². The van der Waals surface area contributed by atoms with Crippen LogP contribution in [0.15, 0.2) is 0 Å². The Kier molecular flexibility index (Phi) is 3.47. The molecule has 0 spiro atoms. The number of hydrogen-bond donors (Lipinski definition) is 0. The summed E-state index contributed by atoms with van der Waals surface area (Å²) in [5.74, 6) is 0. The van der Waals surface area contributed by atoms with Crippen LogP contribution in [0, 0.1) is 6.57 Å². The van der Waals surface area contributed by atoms with E-state index in [2.05, 4.69) is 4.95 Å². The third kappa shape index (κ3) is 2.61. The number of carbonyl (C=O) groups is 1. The molecule has 2 amide bonds. The first-order valence-electron chi connectivity index (χ1n) is 1.58. The van der Waals surface area contributed by atoms with Crippen molar-refractivity contribution in [2.75, 3.05) is 0 Å². The van der Waals surface area contributed by atoms with E-state index in [0.717, 1.165) is 0 Å². The molecular formula is C2Cl3N3O. The molecule has 0 atom stereocenters. The molecule has 0 radical (unpaired) electrons. The van der Waals surface area contributed by atoms with Gasteiger partial charge in [-0.1, -0.05) is 0 Å². The number of hydrogen-bond acceptors (Lipinski definition) is 1. The molecule has 0 aliphatic heterocycles. The van der Waals surface area contributed by atoms with E-state index in [1.54, 1.807) is 0 Å². The normalized spacial score (nSPS) is 7.78. The number of rotatable bonds is 0. The molecule has 0 rings (SSSR count). The summed E-state index contributed by atoms with van der Waals surface area (Å²) in [6.45, 7) is 6.19. The van der Waals surface area contributed by atoms with Gasteiger partial charge in [0.05, 0.1) is 4.53 Å². The lowest BCUT2D eigenvalue weighted by Crippen LogP contribution is -2.20. The van der Waals surface area contributed by atoms with Gasteiger partial charge in [-0.25, -0.2) is 4.79 Å². The minimum Gasteiger partial charge on any atom is -0.237 e. The average molecular weight is 188 g/mol. The Morgan fingerprint density at radius 1 is 1.44 bits per heavy atom. The van der Waals surface area contributed by atoms with Crippen molar-refractivity contribution in [1.29, 1.82) is 0 Å². The van der Waals surface area contributed by atoms with Crippen molar-refractivity contribution in [3.05, 3.63) is 11.5 Å². The summed E-state index contributed by atoms with van der Waals surface area (Å²) in [6, 6.07) is -1.00. The summed E-state index contributed by atoms with van der Waals surface area (Å²) in [5, 5.41) is 0.